The number of hydrogen-bond donors (Lipinski definition) is 0. The van der Waals surface area contributed by atoms with Crippen molar-refractivity contribution in [3.63, 3.8) is 0 Å². The van der Waals surface area contributed by atoms with Gasteiger partial charge in [-0.05, 0) is 34.7 Å². The normalized spacial score (nSPS) is 11.5. The molecular formula is C11H14ClNO. The highest BCUT2D eigenvalue weighted by atomic mass is 35.5. The fraction of sp³-hybridized carbons (Fsp3) is 0.455. The Morgan fingerprint density at radius 1 is 1.29 bits per heavy atom. The predicted octanol–water partition coefficient (Wildman–Crippen LogP) is 4.34. The van der Waals surface area contributed by atoms with Crippen molar-refractivity contribution >= 4 is 17.3 Å². The maximum Gasteiger partial charge on any atom is 0.127 e. The quantitative estimate of drug-likeness (QED) is 0.636. The van der Waals surface area contributed by atoms with Crippen LogP contribution in [-0.4, -0.2) is 0 Å². The maximum atomic E-state index is 10.5. The summed E-state index contributed by atoms with van der Waals surface area (Å²) in [7, 11) is 0. The molecule has 0 saturated carbocycles. The van der Waals surface area contributed by atoms with E-state index in [-0.39, 0.29) is 5.41 Å². The molecule has 1 aromatic carbocycles. The monoisotopic (exact) mass is 211 g/mol. The Bertz CT molecular complexity index is 366. The second-order valence-electron chi connectivity index (χ2n) is 4.47. The molecule has 0 heterocycles. The number of rotatable bonds is 1. The van der Waals surface area contributed by atoms with Gasteiger partial charge in [0.15, 0.2) is 0 Å². The van der Waals surface area contributed by atoms with E-state index in [2.05, 4.69) is 25.9 Å². The van der Waals surface area contributed by atoms with E-state index in [1.807, 2.05) is 13.0 Å². The lowest BCUT2D eigenvalue weighted by molar-refractivity contribution is 0.590. The van der Waals surface area contributed by atoms with Crippen molar-refractivity contribution in [2.75, 3.05) is 0 Å². The van der Waals surface area contributed by atoms with Crippen LogP contribution >= 0.6 is 11.6 Å². The first-order chi connectivity index (χ1) is 6.36. The average molecular weight is 212 g/mol. The molecule has 2 nitrogen and oxygen atoms in total. The topological polar surface area (TPSA) is 29.4 Å². The van der Waals surface area contributed by atoms with E-state index >= 15 is 0 Å². The molecule has 0 aromatic heterocycles. The van der Waals surface area contributed by atoms with Gasteiger partial charge in [0.25, 0.3) is 0 Å². The van der Waals surface area contributed by atoms with Crippen molar-refractivity contribution in [3.8, 4) is 0 Å². The Labute approximate surface area is 89.3 Å². The van der Waals surface area contributed by atoms with Crippen LogP contribution in [0.3, 0.4) is 0 Å². The minimum Gasteiger partial charge on any atom is -0.145 e. The maximum absolute atomic E-state index is 10.5. The van der Waals surface area contributed by atoms with E-state index in [0.29, 0.717) is 10.7 Å². The lowest BCUT2D eigenvalue weighted by Crippen LogP contribution is -2.11. The molecular weight excluding hydrogens is 198 g/mol. The smallest absolute Gasteiger partial charge is 0.127 e. The van der Waals surface area contributed by atoms with Gasteiger partial charge in [-0.25, -0.2) is 0 Å². The number of benzene rings is 1. The summed E-state index contributed by atoms with van der Waals surface area (Å²) in [5.41, 5.74) is 2.31. The molecule has 1 aromatic rings. The summed E-state index contributed by atoms with van der Waals surface area (Å²) in [5, 5.41) is 3.38. The lowest BCUT2D eigenvalue weighted by Gasteiger charge is -2.20. The molecule has 0 aliphatic heterocycles. The van der Waals surface area contributed by atoms with Crippen LogP contribution in [0.1, 0.15) is 31.9 Å². The van der Waals surface area contributed by atoms with Gasteiger partial charge >= 0.3 is 0 Å². The number of nitroso groups, excluding NO2 is 1. The van der Waals surface area contributed by atoms with Crippen molar-refractivity contribution in [1.29, 1.82) is 0 Å². The molecule has 3 heteroatoms. The Morgan fingerprint density at radius 2 is 1.86 bits per heavy atom. The molecule has 0 unspecified atom stereocenters. The van der Waals surface area contributed by atoms with E-state index in [9.17, 15) is 4.91 Å². The largest absolute Gasteiger partial charge is 0.145 e. The summed E-state index contributed by atoms with van der Waals surface area (Å²) in [5.74, 6) is 0. The van der Waals surface area contributed by atoms with Gasteiger partial charge in [-0.15, -0.1) is 4.91 Å². The molecule has 76 valence electrons. The molecule has 14 heavy (non-hydrogen) atoms. The Balaban J connectivity index is 3.37. The van der Waals surface area contributed by atoms with E-state index < -0.39 is 0 Å². The van der Waals surface area contributed by atoms with Crippen LogP contribution in [0.4, 0.5) is 5.69 Å². The summed E-state index contributed by atoms with van der Waals surface area (Å²) in [4.78, 5) is 10.5. The molecule has 0 amide bonds. The zero-order valence-corrected chi connectivity index (χ0v) is 9.64. The van der Waals surface area contributed by atoms with E-state index in [1.165, 1.54) is 0 Å². The predicted molar refractivity (Wildman–Crippen MR) is 60.3 cm³/mol. The summed E-state index contributed by atoms with van der Waals surface area (Å²) >= 11 is 5.92. The first-order valence-electron chi connectivity index (χ1n) is 4.50. The fourth-order valence-electron chi connectivity index (χ4n) is 1.25. The Morgan fingerprint density at radius 3 is 2.29 bits per heavy atom. The summed E-state index contributed by atoms with van der Waals surface area (Å²) in [6.45, 7) is 8.14. The molecule has 0 aliphatic carbocycles. The zero-order valence-electron chi connectivity index (χ0n) is 8.89. The highest BCUT2D eigenvalue weighted by molar-refractivity contribution is 6.33. The van der Waals surface area contributed by atoms with Crippen LogP contribution in [0.15, 0.2) is 17.3 Å². The third-order valence-electron chi connectivity index (χ3n) is 2.20. The minimum atomic E-state index is 0.00872. The van der Waals surface area contributed by atoms with Gasteiger partial charge in [0, 0.05) is 0 Å². The third kappa shape index (κ3) is 2.13. The highest BCUT2D eigenvalue weighted by Gasteiger charge is 2.17. The van der Waals surface area contributed by atoms with Crippen LogP contribution in [0.25, 0.3) is 0 Å². The molecule has 0 aliphatic rings. The van der Waals surface area contributed by atoms with Crippen molar-refractivity contribution < 1.29 is 0 Å². The lowest BCUT2D eigenvalue weighted by atomic mass is 9.86. The van der Waals surface area contributed by atoms with Gasteiger partial charge in [0.1, 0.15) is 5.69 Å². The second kappa shape index (κ2) is 3.70. The summed E-state index contributed by atoms with van der Waals surface area (Å²) < 4.78 is 0. The third-order valence-corrected chi connectivity index (χ3v) is 2.69. The van der Waals surface area contributed by atoms with Crippen LogP contribution < -0.4 is 0 Å². The van der Waals surface area contributed by atoms with Crippen molar-refractivity contribution in [3.05, 3.63) is 33.2 Å². The standard InChI is InChI=1S/C11H14ClNO/c1-7-5-8(11(2,3)4)6-9(13-14)10(7)12/h5-6H,1-4H3. The van der Waals surface area contributed by atoms with Crippen LogP contribution in [0.5, 0.6) is 0 Å². The van der Waals surface area contributed by atoms with Gasteiger partial charge < -0.3 is 0 Å². The van der Waals surface area contributed by atoms with Gasteiger partial charge in [-0.3, -0.25) is 0 Å². The summed E-state index contributed by atoms with van der Waals surface area (Å²) in [6.07, 6.45) is 0. The number of aryl methyl sites for hydroxylation is 1. The van der Waals surface area contributed by atoms with Crippen molar-refractivity contribution in [1.82, 2.24) is 0 Å². The summed E-state index contributed by atoms with van der Waals surface area (Å²) in [6, 6.07) is 3.75. The minimum absolute atomic E-state index is 0.00872. The molecule has 0 bridgehead atoms. The molecule has 0 fully saturated rings. The van der Waals surface area contributed by atoms with Crippen molar-refractivity contribution in [2.45, 2.75) is 33.1 Å². The zero-order chi connectivity index (χ0) is 10.9. The fourth-order valence-corrected chi connectivity index (χ4v) is 1.39. The van der Waals surface area contributed by atoms with Crippen LogP contribution in [0, 0.1) is 11.8 Å². The second-order valence-corrected chi connectivity index (χ2v) is 4.85. The van der Waals surface area contributed by atoms with E-state index in [1.54, 1.807) is 6.07 Å². The molecule has 0 atom stereocenters. The van der Waals surface area contributed by atoms with Crippen LogP contribution in [0.2, 0.25) is 5.02 Å². The molecule has 0 N–H and O–H groups in total. The SMILES string of the molecule is Cc1cc(C(C)(C)C)cc(N=O)c1Cl. The number of nitrogens with zero attached hydrogens (tertiary/aromatic N) is 1. The molecule has 0 radical (unpaired) electrons. The highest BCUT2D eigenvalue weighted by Crippen LogP contribution is 2.34. The Hall–Kier alpha value is -0.890. The Kier molecular flexibility index (Phi) is 2.95. The number of hydrogen-bond acceptors (Lipinski definition) is 2. The van der Waals surface area contributed by atoms with Crippen molar-refractivity contribution in [2.24, 2.45) is 5.18 Å². The van der Waals surface area contributed by atoms with Gasteiger partial charge in [-0.1, -0.05) is 38.4 Å². The van der Waals surface area contributed by atoms with Gasteiger partial charge in [0.05, 0.1) is 5.02 Å². The van der Waals surface area contributed by atoms with E-state index in [4.69, 9.17) is 11.6 Å². The van der Waals surface area contributed by atoms with Gasteiger partial charge in [-0.2, -0.15) is 0 Å². The number of halogens is 1. The van der Waals surface area contributed by atoms with E-state index in [0.717, 1.165) is 11.1 Å². The first-order valence-corrected chi connectivity index (χ1v) is 4.88. The molecule has 0 saturated heterocycles. The molecule has 1 rings (SSSR count). The van der Waals surface area contributed by atoms with Crippen LogP contribution in [-0.2, 0) is 5.41 Å². The average Bonchev–Trinajstić information content (AvgIpc) is 2.07. The first kappa shape index (κ1) is 11.2. The molecule has 0 spiro atoms. The van der Waals surface area contributed by atoms with Gasteiger partial charge in [0.2, 0.25) is 0 Å².